The highest BCUT2D eigenvalue weighted by Gasteiger charge is 2.07. The molecular weight excluding hydrogens is 282 g/mol. The monoisotopic (exact) mass is 303 g/mol. The van der Waals surface area contributed by atoms with Crippen LogP contribution in [-0.2, 0) is 6.54 Å². The van der Waals surface area contributed by atoms with E-state index in [0.29, 0.717) is 30.9 Å². The van der Waals surface area contributed by atoms with Gasteiger partial charge in [0.25, 0.3) is 0 Å². The number of hydrogen-bond donors (Lipinski definition) is 4. The van der Waals surface area contributed by atoms with Crippen LogP contribution in [0.1, 0.15) is 19.4 Å². The van der Waals surface area contributed by atoms with Gasteiger partial charge in [-0.25, -0.2) is 0 Å². The van der Waals surface area contributed by atoms with Gasteiger partial charge in [-0.05, 0) is 31.5 Å². The van der Waals surface area contributed by atoms with Gasteiger partial charge >= 0.3 is 0 Å². The van der Waals surface area contributed by atoms with Crippen molar-refractivity contribution in [3.8, 4) is 0 Å². The summed E-state index contributed by atoms with van der Waals surface area (Å²) in [6.45, 7) is 5.00. The predicted molar refractivity (Wildman–Crippen MR) is 85.7 cm³/mol. The van der Waals surface area contributed by atoms with Crippen molar-refractivity contribution in [3.05, 3.63) is 30.1 Å². The number of nitrogens with zero attached hydrogens (tertiary/aromatic N) is 4. The number of rotatable bonds is 8. The van der Waals surface area contributed by atoms with E-state index in [2.05, 4.69) is 35.9 Å². The summed E-state index contributed by atoms with van der Waals surface area (Å²) in [7, 11) is 0. The molecule has 0 saturated carbocycles. The quantitative estimate of drug-likeness (QED) is 0.574. The van der Waals surface area contributed by atoms with Crippen LogP contribution in [0.4, 0.5) is 17.8 Å². The van der Waals surface area contributed by atoms with Gasteiger partial charge in [-0.15, -0.1) is 0 Å². The minimum absolute atomic E-state index is 0.0123. The van der Waals surface area contributed by atoms with Crippen LogP contribution in [0.2, 0.25) is 0 Å². The molecule has 0 radical (unpaired) electrons. The Hall–Kier alpha value is -2.48. The summed E-state index contributed by atoms with van der Waals surface area (Å²) in [6, 6.07) is 4.06. The fraction of sp³-hybridized carbons (Fsp3) is 0.429. The zero-order valence-electron chi connectivity index (χ0n) is 12.7. The van der Waals surface area contributed by atoms with Gasteiger partial charge < -0.3 is 21.1 Å². The molecule has 0 amide bonds. The molecule has 0 fully saturated rings. The maximum absolute atomic E-state index is 8.89. The Morgan fingerprint density at radius 3 is 2.27 bits per heavy atom. The second kappa shape index (κ2) is 8.08. The summed E-state index contributed by atoms with van der Waals surface area (Å²) in [5, 5.41) is 18.1. The minimum Gasteiger partial charge on any atom is -0.395 e. The van der Waals surface area contributed by atoms with E-state index in [0.717, 1.165) is 5.56 Å². The van der Waals surface area contributed by atoms with Crippen molar-refractivity contribution in [1.29, 1.82) is 0 Å². The molecule has 0 saturated heterocycles. The van der Waals surface area contributed by atoms with Gasteiger partial charge in [-0.3, -0.25) is 4.98 Å². The van der Waals surface area contributed by atoms with E-state index in [-0.39, 0.29) is 12.6 Å². The second-order valence-electron chi connectivity index (χ2n) is 4.96. The number of pyridine rings is 1. The zero-order chi connectivity index (χ0) is 15.8. The molecule has 0 bridgehead atoms. The number of aliphatic hydroxyl groups excluding tert-OH is 1. The van der Waals surface area contributed by atoms with Gasteiger partial charge in [-0.2, -0.15) is 15.0 Å². The van der Waals surface area contributed by atoms with Gasteiger partial charge in [0.05, 0.1) is 6.61 Å². The zero-order valence-corrected chi connectivity index (χ0v) is 12.7. The molecule has 2 heterocycles. The van der Waals surface area contributed by atoms with E-state index in [1.165, 1.54) is 0 Å². The molecule has 0 aliphatic rings. The molecule has 4 N–H and O–H groups in total. The van der Waals surface area contributed by atoms with E-state index in [1.54, 1.807) is 12.4 Å². The lowest BCUT2D eigenvalue weighted by atomic mass is 10.3. The van der Waals surface area contributed by atoms with Crippen molar-refractivity contribution in [2.75, 3.05) is 29.1 Å². The second-order valence-corrected chi connectivity index (χ2v) is 4.96. The lowest BCUT2D eigenvalue weighted by molar-refractivity contribution is 0.311. The highest BCUT2D eigenvalue weighted by molar-refractivity contribution is 5.42. The van der Waals surface area contributed by atoms with E-state index in [9.17, 15) is 0 Å². The van der Waals surface area contributed by atoms with Crippen LogP contribution in [0.3, 0.4) is 0 Å². The van der Waals surface area contributed by atoms with Crippen LogP contribution < -0.4 is 16.0 Å². The van der Waals surface area contributed by atoms with E-state index in [4.69, 9.17) is 5.11 Å². The van der Waals surface area contributed by atoms with Crippen molar-refractivity contribution in [2.24, 2.45) is 0 Å². The first-order valence-corrected chi connectivity index (χ1v) is 7.17. The Morgan fingerprint density at radius 1 is 1.00 bits per heavy atom. The van der Waals surface area contributed by atoms with E-state index >= 15 is 0 Å². The number of hydrogen-bond acceptors (Lipinski definition) is 8. The minimum atomic E-state index is 0.0123. The number of anilines is 3. The number of aliphatic hydroxyl groups is 1. The summed E-state index contributed by atoms with van der Waals surface area (Å²) in [4.78, 5) is 16.9. The first-order valence-electron chi connectivity index (χ1n) is 7.17. The molecule has 0 unspecified atom stereocenters. The SMILES string of the molecule is CC(C)Nc1nc(NCCO)nc(NCc2ccncc2)n1. The number of nitrogens with one attached hydrogen (secondary N) is 3. The summed E-state index contributed by atoms with van der Waals surface area (Å²) in [6.07, 6.45) is 3.48. The van der Waals surface area contributed by atoms with Crippen LogP contribution in [0.5, 0.6) is 0 Å². The van der Waals surface area contributed by atoms with Crippen LogP contribution in [0.25, 0.3) is 0 Å². The molecule has 2 aromatic rings. The third-order valence-corrected chi connectivity index (χ3v) is 2.65. The topological polar surface area (TPSA) is 108 Å². The van der Waals surface area contributed by atoms with E-state index < -0.39 is 0 Å². The summed E-state index contributed by atoms with van der Waals surface area (Å²) >= 11 is 0. The number of aromatic nitrogens is 4. The lowest BCUT2D eigenvalue weighted by Gasteiger charge is -2.12. The predicted octanol–water partition coefficient (Wildman–Crippen LogP) is 1.10. The fourth-order valence-corrected chi connectivity index (χ4v) is 1.71. The fourth-order valence-electron chi connectivity index (χ4n) is 1.71. The van der Waals surface area contributed by atoms with Gasteiger partial charge in [-0.1, -0.05) is 0 Å². The van der Waals surface area contributed by atoms with Crippen LogP contribution in [0, 0.1) is 0 Å². The molecule has 118 valence electrons. The lowest BCUT2D eigenvalue weighted by Crippen LogP contribution is -2.17. The van der Waals surface area contributed by atoms with Crippen LogP contribution in [-0.4, -0.2) is 44.2 Å². The third-order valence-electron chi connectivity index (χ3n) is 2.65. The standard InChI is InChI=1S/C14H21N7O/c1-10(2)18-14-20-12(16-7-8-22)19-13(21-14)17-9-11-3-5-15-6-4-11/h3-6,10,22H,7-9H2,1-2H3,(H3,16,17,18,19,20,21). The van der Waals surface area contributed by atoms with Crippen molar-refractivity contribution in [1.82, 2.24) is 19.9 Å². The Labute approximate surface area is 129 Å². The van der Waals surface area contributed by atoms with Gasteiger partial charge in [0, 0.05) is 31.5 Å². The van der Waals surface area contributed by atoms with Gasteiger partial charge in [0.1, 0.15) is 0 Å². The van der Waals surface area contributed by atoms with Gasteiger partial charge in [0.15, 0.2) is 0 Å². The highest BCUT2D eigenvalue weighted by Crippen LogP contribution is 2.11. The molecule has 0 spiro atoms. The molecule has 8 heteroatoms. The maximum atomic E-state index is 8.89. The highest BCUT2D eigenvalue weighted by atomic mass is 16.3. The molecule has 0 aliphatic heterocycles. The Bertz CT molecular complexity index is 577. The largest absolute Gasteiger partial charge is 0.395 e. The molecule has 0 aliphatic carbocycles. The van der Waals surface area contributed by atoms with Crippen LogP contribution >= 0.6 is 0 Å². The molecule has 2 aromatic heterocycles. The molecular formula is C14H21N7O. The van der Waals surface area contributed by atoms with Crippen molar-refractivity contribution < 1.29 is 5.11 Å². The van der Waals surface area contributed by atoms with Crippen LogP contribution in [0.15, 0.2) is 24.5 Å². The maximum Gasteiger partial charge on any atom is 0.229 e. The smallest absolute Gasteiger partial charge is 0.229 e. The molecule has 8 nitrogen and oxygen atoms in total. The average molecular weight is 303 g/mol. The summed E-state index contributed by atoms with van der Waals surface area (Å²) in [5.74, 6) is 1.38. The first kappa shape index (κ1) is 15.9. The summed E-state index contributed by atoms with van der Waals surface area (Å²) in [5.41, 5.74) is 1.08. The van der Waals surface area contributed by atoms with Crippen molar-refractivity contribution in [3.63, 3.8) is 0 Å². The molecule has 22 heavy (non-hydrogen) atoms. The Kier molecular flexibility index (Phi) is 5.84. The molecule has 0 atom stereocenters. The third kappa shape index (κ3) is 5.13. The first-order chi connectivity index (χ1) is 10.7. The summed E-state index contributed by atoms with van der Waals surface area (Å²) < 4.78 is 0. The Morgan fingerprint density at radius 2 is 1.64 bits per heavy atom. The average Bonchev–Trinajstić information content (AvgIpc) is 2.51. The van der Waals surface area contributed by atoms with Crippen molar-refractivity contribution >= 4 is 17.8 Å². The van der Waals surface area contributed by atoms with Crippen molar-refractivity contribution in [2.45, 2.75) is 26.4 Å². The van der Waals surface area contributed by atoms with E-state index in [1.807, 2.05) is 26.0 Å². The Balaban J connectivity index is 2.10. The molecule has 2 rings (SSSR count). The van der Waals surface area contributed by atoms with Gasteiger partial charge in [0.2, 0.25) is 17.8 Å². The molecule has 0 aromatic carbocycles. The normalized spacial score (nSPS) is 10.5.